The van der Waals surface area contributed by atoms with Crippen molar-refractivity contribution in [2.75, 3.05) is 0 Å². The van der Waals surface area contributed by atoms with Crippen LogP contribution in [0.3, 0.4) is 0 Å². The lowest BCUT2D eigenvalue weighted by molar-refractivity contribution is -0.661. The van der Waals surface area contributed by atoms with Crippen LogP contribution in [0.5, 0.6) is 0 Å². The van der Waals surface area contributed by atoms with E-state index in [2.05, 4.69) is 88.8 Å². The van der Waals surface area contributed by atoms with Crippen molar-refractivity contribution in [3.05, 3.63) is 53.2 Å². The van der Waals surface area contributed by atoms with Crippen LogP contribution in [-0.4, -0.2) is 0 Å². The summed E-state index contributed by atoms with van der Waals surface area (Å²) in [5, 5.41) is 9.43. The molecule has 1 aliphatic rings. The van der Waals surface area contributed by atoms with Gasteiger partial charge in [-0.25, -0.2) is 4.57 Å². The lowest BCUT2D eigenvalue weighted by Crippen LogP contribution is -2.34. The van der Waals surface area contributed by atoms with Crippen molar-refractivity contribution in [2.45, 2.75) is 72.6 Å². The van der Waals surface area contributed by atoms with Crippen LogP contribution in [0.15, 0.2) is 36.5 Å². The topological polar surface area (TPSA) is 27.7 Å². The number of aromatic nitrogens is 1. The summed E-state index contributed by atoms with van der Waals surface area (Å²) in [7, 11) is 2.15. The van der Waals surface area contributed by atoms with Crippen molar-refractivity contribution < 1.29 is 4.57 Å². The fourth-order valence-electron chi connectivity index (χ4n) is 5.38. The Kier molecular flexibility index (Phi) is 4.95. The monoisotopic (exact) mass is 375 g/mol. The molecule has 0 atom stereocenters. The number of aryl methyl sites for hydroxylation is 2. The Hall–Kier alpha value is -2.14. The summed E-state index contributed by atoms with van der Waals surface area (Å²) in [6, 6.07) is 13.4. The quantitative estimate of drug-likeness (QED) is 0.585. The van der Waals surface area contributed by atoms with Gasteiger partial charge in [-0.15, -0.1) is 0 Å². The summed E-state index contributed by atoms with van der Waals surface area (Å²) in [5.41, 5.74) is 6.38. The van der Waals surface area contributed by atoms with Crippen molar-refractivity contribution in [1.82, 2.24) is 0 Å². The second-order valence-corrected chi connectivity index (χ2v) is 10.6. The minimum absolute atomic E-state index is 0.332. The molecule has 1 fully saturated rings. The summed E-state index contributed by atoms with van der Waals surface area (Å²) in [5.74, 6) is 0.570. The molecule has 2 aromatic rings. The van der Waals surface area contributed by atoms with Gasteiger partial charge in [-0.05, 0) is 73.6 Å². The summed E-state index contributed by atoms with van der Waals surface area (Å²) < 4.78 is 2.28. The Morgan fingerprint density at radius 2 is 1.64 bits per heavy atom. The lowest BCUT2D eigenvalue weighted by Gasteiger charge is -2.35. The fourth-order valence-corrected chi connectivity index (χ4v) is 5.38. The predicted molar refractivity (Wildman–Crippen MR) is 116 cm³/mol. The third-order valence-electron chi connectivity index (χ3n) is 6.97. The Morgan fingerprint density at radius 3 is 2.14 bits per heavy atom. The van der Waals surface area contributed by atoms with Crippen LogP contribution in [0.1, 0.15) is 77.0 Å². The zero-order valence-corrected chi connectivity index (χ0v) is 18.9. The SMILES string of the molecule is Cc1cc(C(C)(C)C#N)ccc1-c1ccc(C2C(C)(C)CCC2(C)C)c[n+]1C. The third kappa shape index (κ3) is 3.48. The zero-order chi connectivity index (χ0) is 20.9. The summed E-state index contributed by atoms with van der Waals surface area (Å²) in [6.45, 7) is 15.8. The molecule has 0 bridgehead atoms. The molecule has 1 aliphatic carbocycles. The van der Waals surface area contributed by atoms with Crippen LogP contribution in [0.2, 0.25) is 0 Å². The molecule has 0 aliphatic heterocycles. The predicted octanol–water partition coefficient (Wildman–Crippen LogP) is 6.22. The molecule has 1 aromatic heterocycles. The van der Waals surface area contributed by atoms with E-state index in [9.17, 15) is 5.26 Å². The molecule has 1 saturated carbocycles. The Morgan fingerprint density at radius 1 is 1.04 bits per heavy atom. The van der Waals surface area contributed by atoms with Crippen LogP contribution in [-0.2, 0) is 12.5 Å². The summed E-state index contributed by atoms with van der Waals surface area (Å²) in [4.78, 5) is 0. The zero-order valence-electron chi connectivity index (χ0n) is 18.9. The van der Waals surface area contributed by atoms with Crippen LogP contribution >= 0.6 is 0 Å². The molecular weight excluding hydrogens is 340 g/mol. The van der Waals surface area contributed by atoms with Crippen LogP contribution in [0.4, 0.5) is 0 Å². The Labute approximate surface area is 171 Å². The summed E-state index contributed by atoms with van der Waals surface area (Å²) in [6.07, 6.45) is 4.90. The van der Waals surface area contributed by atoms with Gasteiger partial charge in [0.15, 0.2) is 6.20 Å². The van der Waals surface area contributed by atoms with Gasteiger partial charge in [0.05, 0.1) is 11.5 Å². The van der Waals surface area contributed by atoms with Gasteiger partial charge in [0.25, 0.3) is 0 Å². The van der Waals surface area contributed by atoms with E-state index in [-0.39, 0.29) is 0 Å². The number of nitriles is 1. The molecule has 0 spiro atoms. The van der Waals surface area contributed by atoms with Crippen molar-refractivity contribution in [3.8, 4) is 17.3 Å². The van der Waals surface area contributed by atoms with Gasteiger partial charge in [0.2, 0.25) is 5.69 Å². The van der Waals surface area contributed by atoms with Gasteiger partial charge >= 0.3 is 0 Å². The molecule has 0 amide bonds. The number of hydrogen-bond acceptors (Lipinski definition) is 1. The highest BCUT2D eigenvalue weighted by molar-refractivity contribution is 5.62. The van der Waals surface area contributed by atoms with Crippen molar-refractivity contribution >= 4 is 0 Å². The lowest BCUT2D eigenvalue weighted by atomic mass is 9.69. The van der Waals surface area contributed by atoms with E-state index in [1.807, 2.05) is 13.8 Å². The molecule has 28 heavy (non-hydrogen) atoms. The smallest absolute Gasteiger partial charge is 0.201 e. The number of pyridine rings is 1. The highest BCUT2D eigenvalue weighted by Crippen LogP contribution is 2.58. The minimum Gasteiger partial charge on any atom is -0.201 e. The average Bonchev–Trinajstić information content (AvgIpc) is 2.83. The third-order valence-corrected chi connectivity index (χ3v) is 6.97. The molecule has 2 nitrogen and oxygen atoms in total. The molecule has 148 valence electrons. The molecule has 1 heterocycles. The van der Waals surface area contributed by atoms with E-state index in [1.165, 1.54) is 35.2 Å². The van der Waals surface area contributed by atoms with Gasteiger partial charge in [-0.1, -0.05) is 39.8 Å². The van der Waals surface area contributed by atoms with Gasteiger partial charge in [0.1, 0.15) is 7.05 Å². The maximum Gasteiger partial charge on any atom is 0.212 e. The highest BCUT2D eigenvalue weighted by atomic mass is 14.9. The van der Waals surface area contributed by atoms with E-state index in [0.717, 1.165) is 5.56 Å². The van der Waals surface area contributed by atoms with Crippen LogP contribution in [0.25, 0.3) is 11.3 Å². The van der Waals surface area contributed by atoms with Crippen molar-refractivity contribution in [1.29, 1.82) is 5.26 Å². The number of rotatable bonds is 3. The summed E-state index contributed by atoms with van der Waals surface area (Å²) >= 11 is 0. The van der Waals surface area contributed by atoms with Gasteiger partial charge < -0.3 is 0 Å². The molecule has 0 radical (unpaired) electrons. The molecular formula is C26H35N2+. The number of benzene rings is 1. The van der Waals surface area contributed by atoms with Crippen LogP contribution in [0, 0.1) is 29.1 Å². The molecule has 0 saturated heterocycles. The first kappa shape index (κ1) is 20.6. The maximum absolute atomic E-state index is 9.43. The van der Waals surface area contributed by atoms with E-state index in [4.69, 9.17) is 0 Å². The minimum atomic E-state index is -0.463. The maximum atomic E-state index is 9.43. The largest absolute Gasteiger partial charge is 0.212 e. The Balaban J connectivity index is 2.02. The fraction of sp³-hybridized carbons (Fsp3) is 0.538. The standard InChI is InChI=1S/C26H35N2/c1-18-15-20(26(6,7)17-27)10-11-21(18)22-12-9-19(16-28(22)8)23-24(2,3)13-14-25(23,4)5/h9-12,15-16,23H,13-14H2,1-8H3/q+1. The molecule has 1 aromatic carbocycles. The first-order valence-electron chi connectivity index (χ1n) is 10.4. The van der Waals surface area contributed by atoms with E-state index in [1.54, 1.807) is 0 Å². The first-order valence-corrected chi connectivity index (χ1v) is 10.4. The first-order chi connectivity index (χ1) is 12.9. The molecule has 0 N–H and O–H groups in total. The number of nitrogens with zero attached hydrogens (tertiary/aromatic N) is 2. The van der Waals surface area contributed by atoms with E-state index < -0.39 is 5.41 Å². The van der Waals surface area contributed by atoms with Gasteiger partial charge in [-0.3, -0.25) is 0 Å². The normalized spacial score (nSPS) is 18.8. The van der Waals surface area contributed by atoms with Crippen molar-refractivity contribution in [3.63, 3.8) is 0 Å². The van der Waals surface area contributed by atoms with E-state index >= 15 is 0 Å². The molecule has 0 unspecified atom stereocenters. The van der Waals surface area contributed by atoms with Crippen LogP contribution < -0.4 is 4.57 Å². The van der Waals surface area contributed by atoms with Gasteiger partial charge in [-0.2, -0.15) is 5.26 Å². The number of hydrogen-bond donors (Lipinski definition) is 0. The second kappa shape index (κ2) is 6.73. The van der Waals surface area contributed by atoms with E-state index in [0.29, 0.717) is 16.7 Å². The molecule has 2 heteroatoms. The van der Waals surface area contributed by atoms with Gasteiger partial charge in [0, 0.05) is 17.2 Å². The highest BCUT2D eigenvalue weighted by Gasteiger charge is 2.48. The average molecular weight is 376 g/mol. The second-order valence-electron chi connectivity index (χ2n) is 10.6. The van der Waals surface area contributed by atoms with Crippen molar-refractivity contribution in [2.24, 2.45) is 17.9 Å². The molecule has 3 rings (SSSR count). The Bertz CT molecular complexity index is 925.